The van der Waals surface area contributed by atoms with Crippen molar-refractivity contribution in [3.05, 3.63) is 59.9 Å². The largest absolute Gasteiger partial charge is 0.353 e. The summed E-state index contributed by atoms with van der Waals surface area (Å²) in [6.07, 6.45) is 5.50. The van der Waals surface area contributed by atoms with E-state index in [0.717, 1.165) is 54.3 Å². The van der Waals surface area contributed by atoms with Crippen molar-refractivity contribution >= 4 is 17.5 Å². The van der Waals surface area contributed by atoms with Gasteiger partial charge < -0.3 is 15.5 Å². The number of nitrogens with zero attached hydrogens (tertiary/aromatic N) is 3. The Morgan fingerprint density at radius 1 is 1.14 bits per heavy atom. The highest BCUT2D eigenvalue weighted by Crippen LogP contribution is 2.24. The molecular weight excluding hydrogens is 364 g/mol. The Kier molecular flexibility index (Phi) is 5.46. The van der Waals surface area contributed by atoms with Gasteiger partial charge in [0.1, 0.15) is 0 Å². The second kappa shape index (κ2) is 8.34. The molecule has 1 fully saturated rings. The molecule has 1 aromatic carbocycles. The van der Waals surface area contributed by atoms with Crippen LogP contribution in [0.4, 0.5) is 16.3 Å². The number of hydrogen-bond acceptors (Lipinski definition) is 4. The van der Waals surface area contributed by atoms with Crippen molar-refractivity contribution in [1.29, 1.82) is 0 Å². The molecule has 0 aliphatic carbocycles. The Morgan fingerprint density at radius 3 is 2.76 bits per heavy atom. The Morgan fingerprint density at radius 2 is 1.97 bits per heavy atom. The monoisotopic (exact) mass is 390 g/mol. The summed E-state index contributed by atoms with van der Waals surface area (Å²) in [7, 11) is 0. The van der Waals surface area contributed by atoms with Crippen LogP contribution in [0.25, 0.3) is 11.3 Å². The molecule has 3 aromatic rings. The average Bonchev–Trinajstić information content (AvgIpc) is 3.22. The molecule has 0 saturated carbocycles. The van der Waals surface area contributed by atoms with Crippen LogP contribution in [0.1, 0.15) is 24.0 Å². The fraction of sp³-hybridized carbons (Fsp3) is 0.318. The van der Waals surface area contributed by atoms with Gasteiger partial charge in [-0.3, -0.25) is 10.1 Å². The van der Waals surface area contributed by atoms with Gasteiger partial charge in [0.05, 0.1) is 5.69 Å². The zero-order chi connectivity index (χ0) is 20.2. The summed E-state index contributed by atoms with van der Waals surface area (Å²) in [6.45, 7) is 5.77. The van der Waals surface area contributed by atoms with E-state index < -0.39 is 0 Å². The average molecular weight is 390 g/mol. The van der Waals surface area contributed by atoms with Gasteiger partial charge in [0.15, 0.2) is 5.82 Å². The van der Waals surface area contributed by atoms with Crippen LogP contribution in [0.2, 0.25) is 0 Å². The molecule has 0 spiro atoms. The van der Waals surface area contributed by atoms with Crippen molar-refractivity contribution in [2.75, 3.05) is 23.3 Å². The highest BCUT2D eigenvalue weighted by Gasteiger charge is 2.23. The third-order valence-corrected chi connectivity index (χ3v) is 5.40. The quantitative estimate of drug-likeness (QED) is 0.631. The van der Waals surface area contributed by atoms with E-state index in [1.807, 2.05) is 43.3 Å². The first-order valence-electron chi connectivity index (χ1n) is 9.94. The van der Waals surface area contributed by atoms with Crippen molar-refractivity contribution in [2.24, 2.45) is 0 Å². The van der Waals surface area contributed by atoms with E-state index in [1.165, 1.54) is 5.56 Å². The molecule has 1 atom stereocenters. The van der Waals surface area contributed by atoms with Crippen LogP contribution in [0.3, 0.4) is 0 Å². The van der Waals surface area contributed by atoms with Gasteiger partial charge in [-0.2, -0.15) is 5.10 Å². The molecule has 1 aliphatic heterocycles. The number of aromatic nitrogens is 3. The van der Waals surface area contributed by atoms with Crippen LogP contribution < -0.4 is 15.5 Å². The van der Waals surface area contributed by atoms with E-state index in [2.05, 4.69) is 37.6 Å². The molecule has 3 heterocycles. The third kappa shape index (κ3) is 4.56. The number of hydrogen-bond donors (Lipinski definition) is 3. The number of aryl methyl sites for hydroxylation is 2. The number of benzene rings is 1. The van der Waals surface area contributed by atoms with E-state index in [9.17, 15) is 4.79 Å². The first kappa shape index (κ1) is 19.0. The van der Waals surface area contributed by atoms with Gasteiger partial charge >= 0.3 is 6.03 Å². The van der Waals surface area contributed by atoms with E-state index in [0.29, 0.717) is 0 Å². The Hall–Kier alpha value is -3.35. The van der Waals surface area contributed by atoms with Crippen molar-refractivity contribution in [3.8, 4) is 11.3 Å². The molecule has 3 N–H and O–H groups in total. The molecular formula is C22H26N6O. The number of piperidine rings is 1. The van der Waals surface area contributed by atoms with Crippen molar-refractivity contribution in [3.63, 3.8) is 0 Å². The molecule has 150 valence electrons. The lowest BCUT2D eigenvalue weighted by atomic mass is 10.1. The lowest BCUT2D eigenvalue weighted by Gasteiger charge is -2.33. The van der Waals surface area contributed by atoms with Gasteiger partial charge in [0.25, 0.3) is 0 Å². The van der Waals surface area contributed by atoms with Gasteiger partial charge in [-0.05, 0) is 62.1 Å². The normalized spacial score (nSPS) is 16.5. The first-order valence-corrected chi connectivity index (χ1v) is 9.94. The van der Waals surface area contributed by atoms with Crippen molar-refractivity contribution in [2.45, 2.75) is 32.7 Å². The van der Waals surface area contributed by atoms with Crippen molar-refractivity contribution in [1.82, 2.24) is 20.5 Å². The molecule has 2 aromatic heterocycles. The highest BCUT2D eigenvalue weighted by molar-refractivity contribution is 5.89. The van der Waals surface area contributed by atoms with Crippen LogP contribution in [-0.2, 0) is 0 Å². The van der Waals surface area contributed by atoms with E-state index in [-0.39, 0.29) is 12.1 Å². The molecule has 1 saturated heterocycles. The minimum atomic E-state index is -0.167. The number of nitrogens with one attached hydrogen (secondary N) is 3. The summed E-state index contributed by atoms with van der Waals surface area (Å²) in [5.41, 5.74) is 5.20. The number of amides is 2. The highest BCUT2D eigenvalue weighted by atomic mass is 16.2. The van der Waals surface area contributed by atoms with Crippen molar-refractivity contribution < 1.29 is 4.79 Å². The molecule has 0 unspecified atom stereocenters. The molecule has 29 heavy (non-hydrogen) atoms. The minimum absolute atomic E-state index is 0.0800. The number of urea groups is 1. The number of anilines is 2. The Labute approximate surface area is 170 Å². The lowest BCUT2D eigenvalue weighted by Crippen LogP contribution is -2.49. The number of H-pyrrole nitrogens is 1. The number of aromatic amines is 1. The number of rotatable bonds is 4. The van der Waals surface area contributed by atoms with E-state index in [4.69, 9.17) is 0 Å². The number of carbonyl (C=O) groups is 1. The van der Waals surface area contributed by atoms with Crippen LogP contribution in [0.5, 0.6) is 0 Å². The lowest BCUT2D eigenvalue weighted by molar-refractivity contribution is 0.246. The summed E-state index contributed by atoms with van der Waals surface area (Å²) >= 11 is 0. The van der Waals surface area contributed by atoms with Gasteiger partial charge in [-0.15, -0.1) is 0 Å². The molecule has 0 bridgehead atoms. The van der Waals surface area contributed by atoms with Gasteiger partial charge in [0.2, 0.25) is 0 Å². The standard InChI is InChI=1S/C22H26N6O/c1-15-5-6-18(12-16(15)2)24-22(29)25-19-4-3-11-28(14-19)21-13-20(26-27-21)17-7-9-23-10-8-17/h5-10,12-13,19H,3-4,11,14H2,1-2H3,(H,26,27)(H2,24,25,29)/t19-/m1/s1. The SMILES string of the molecule is Cc1ccc(NC(=O)N[C@@H]2CCCN(c3cc(-c4ccncc4)[nH]n3)C2)cc1C. The van der Waals surface area contributed by atoms with Gasteiger partial charge in [-0.1, -0.05) is 6.07 Å². The summed E-state index contributed by atoms with van der Waals surface area (Å²) in [4.78, 5) is 18.7. The minimum Gasteiger partial charge on any atom is -0.353 e. The smallest absolute Gasteiger partial charge is 0.319 e. The van der Waals surface area contributed by atoms with Crippen LogP contribution in [0.15, 0.2) is 48.8 Å². The molecule has 7 heteroatoms. The second-order valence-corrected chi connectivity index (χ2v) is 7.56. The Bertz CT molecular complexity index is 984. The maximum Gasteiger partial charge on any atom is 0.319 e. The maximum atomic E-state index is 12.4. The summed E-state index contributed by atoms with van der Waals surface area (Å²) in [5.74, 6) is 0.901. The molecule has 1 aliphatic rings. The van der Waals surface area contributed by atoms with Crippen LogP contribution in [-0.4, -0.2) is 40.3 Å². The molecule has 0 radical (unpaired) electrons. The topological polar surface area (TPSA) is 85.9 Å². The van der Waals surface area contributed by atoms with E-state index in [1.54, 1.807) is 12.4 Å². The zero-order valence-corrected chi connectivity index (χ0v) is 16.8. The fourth-order valence-electron chi connectivity index (χ4n) is 3.63. The third-order valence-electron chi connectivity index (χ3n) is 5.40. The number of pyridine rings is 1. The first-order chi connectivity index (χ1) is 14.1. The number of carbonyl (C=O) groups excluding carboxylic acids is 1. The maximum absolute atomic E-state index is 12.4. The van der Waals surface area contributed by atoms with Crippen LogP contribution in [0, 0.1) is 13.8 Å². The van der Waals surface area contributed by atoms with Gasteiger partial charge in [0, 0.05) is 48.8 Å². The summed E-state index contributed by atoms with van der Waals surface area (Å²) in [6, 6.07) is 11.8. The molecule has 4 rings (SSSR count). The fourth-order valence-corrected chi connectivity index (χ4v) is 3.63. The molecule has 7 nitrogen and oxygen atoms in total. The predicted molar refractivity (Wildman–Crippen MR) is 115 cm³/mol. The predicted octanol–water partition coefficient (Wildman–Crippen LogP) is 3.88. The van der Waals surface area contributed by atoms with Gasteiger partial charge in [-0.25, -0.2) is 4.79 Å². The Balaban J connectivity index is 1.36. The van der Waals surface area contributed by atoms with Crippen LogP contribution >= 0.6 is 0 Å². The van der Waals surface area contributed by atoms with E-state index >= 15 is 0 Å². The zero-order valence-electron chi connectivity index (χ0n) is 16.8. The molecule has 2 amide bonds. The summed E-state index contributed by atoms with van der Waals surface area (Å²) in [5, 5.41) is 13.6. The summed E-state index contributed by atoms with van der Waals surface area (Å²) < 4.78 is 0. The second-order valence-electron chi connectivity index (χ2n) is 7.56.